The number of hydrogen-bond donors (Lipinski definition) is 1. The number of rotatable bonds is 5. The molecule has 2 bridgehead atoms. The third-order valence-corrected chi connectivity index (χ3v) is 7.67. The maximum atomic E-state index is 14.4. The third-order valence-electron chi connectivity index (χ3n) is 7.67. The van der Waals surface area contributed by atoms with E-state index in [-0.39, 0.29) is 47.3 Å². The highest BCUT2D eigenvalue weighted by Crippen LogP contribution is 2.69. The Morgan fingerprint density at radius 2 is 1.94 bits per heavy atom. The summed E-state index contributed by atoms with van der Waals surface area (Å²) in [6.07, 6.45) is 4.67. The highest BCUT2D eigenvalue weighted by Gasteiger charge is 2.65. The fraction of sp³-hybridized carbons (Fsp3) is 0.400. The van der Waals surface area contributed by atoms with Crippen molar-refractivity contribution in [3.05, 3.63) is 70.9 Å². The maximum Gasteiger partial charge on any atom is 0.273 e. The van der Waals surface area contributed by atoms with Crippen LogP contribution in [0.15, 0.2) is 36.7 Å². The first-order valence-corrected chi connectivity index (χ1v) is 11.2. The monoisotopic (exact) mass is 465 g/mol. The minimum absolute atomic E-state index is 0.0878. The zero-order chi connectivity index (χ0) is 24.3. The van der Waals surface area contributed by atoms with Crippen molar-refractivity contribution in [3.8, 4) is 11.3 Å². The minimum atomic E-state index is -0.685. The molecule has 1 aromatic carbocycles. The van der Waals surface area contributed by atoms with Gasteiger partial charge in [-0.1, -0.05) is 19.9 Å². The van der Waals surface area contributed by atoms with Crippen LogP contribution in [0.5, 0.6) is 0 Å². The Morgan fingerprint density at radius 1 is 1.21 bits per heavy atom. The van der Waals surface area contributed by atoms with Gasteiger partial charge in [0.2, 0.25) is 0 Å². The van der Waals surface area contributed by atoms with Gasteiger partial charge in [0, 0.05) is 19.8 Å². The van der Waals surface area contributed by atoms with Gasteiger partial charge in [0.25, 0.3) is 5.91 Å². The lowest BCUT2D eigenvalue weighted by atomic mass is 9.66. The Kier molecular flexibility index (Phi) is 5.20. The summed E-state index contributed by atoms with van der Waals surface area (Å²) in [6, 6.07) is 5.47. The van der Waals surface area contributed by atoms with E-state index in [4.69, 9.17) is 10.1 Å². The van der Waals surface area contributed by atoms with Crippen molar-refractivity contribution in [2.24, 2.45) is 5.41 Å². The van der Waals surface area contributed by atoms with E-state index in [0.717, 1.165) is 24.1 Å². The van der Waals surface area contributed by atoms with Crippen molar-refractivity contribution >= 4 is 5.91 Å². The Morgan fingerprint density at radius 3 is 2.65 bits per heavy atom. The standard InChI is InChI=1S/C25H25F2N5O2/c1-24(2)15-7-8-25(24,20-13-28-12-19(29-20)23(34)32(3)9-10-33)22-14(15)11-18(30-31-22)21-16(26)5-4-6-17(21)27/h4-6,11-13,15,33H,7-10H2,1-3H3/t15-,25-/m0/s1. The lowest BCUT2D eigenvalue weighted by molar-refractivity contribution is 0.0759. The SMILES string of the molecule is CN(CCO)C(=O)c1cncc([C@@]23CC[C@@H](c4cc(-c5c(F)cccc5F)nnc42)C3(C)C)n1. The zero-order valence-electron chi connectivity index (χ0n) is 19.2. The largest absolute Gasteiger partial charge is 0.395 e. The number of carbonyl (C=O) groups is 1. The molecule has 2 aliphatic rings. The number of aromatic nitrogens is 4. The van der Waals surface area contributed by atoms with Gasteiger partial charge in [-0.3, -0.25) is 9.78 Å². The van der Waals surface area contributed by atoms with Crippen molar-refractivity contribution in [2.75, 3.05) is 20.2 Å². The molecule has 7 nitrogen and oxygen atoms in total. The summed E-state index contributed by atoms with van der Waals surface area (Å²) in [6.45, 7) is 4.29. The molecular formula is C25H25F2N5O2. The van der Waals surface area contributed by atoms with E-state index < -0.39 is 17.0 Å². The number of benzene rings is 1. The molecule has 1 fully saturated rings. The van der Waals surface area contributed by atoms with E-state index in [0.29, 0.717) is 5.69 Å². The Hall–Kier alpha value is -3.33. The van der Waals surface area contributed by atoms with Crippen LogP contribution in [0.4, 0.5) is 8.78 Å². The molecule has 2 heterocycles. The second-order valence-electron chi connectivity index (χ2n) is 9.59. The predicted molar refractivity (Wildman–Crippen MR) is 120 cm³/mol. The van der Waals surface area contributed by atoms with Crippen LogP contribution in [0.2, 0.25) is 0 Å². The predicted octanol–water partition coefficient (Wildman–Crippen LogP) is 3.48. The molecular weight excluding hydrogens is 440 g/mol. The van der Waals surface area contributed by atoms with E-state index in [1.54, 1.807) is 19.3 Å². The molecule has 5 rings (SSSR count). The van der Waals surface area contributed by atoms with Gasteiger partial charge in [-0.15, -0.1) is 5.10 Å². The minimum Gasteiger partial charge on any atom is -0.395 e. The molecule has 9 heteroatoms. The number of fused-ring (bicyclic) bond motifs is 5. The van der Waals surface area contributed by atoms with Crippen LogP contribution in [0.25, 0.3) is 11.3 Å². The summed E-state index contributed by atoms with van der Waals surface area (Å²) < 4.78 is 28.9. The van der Waals surface area contributed by atoms with Crippen LogP contribution >= 0.6 is 0 Å². The average Bonchev–Trinajstić information content (AvgIpc) is 3.20. The molecule has 0 aliphatic heterocycles. The van der Waals surface area contributed by atoms with E-state index in [1.807, 2.05) is 0 Å². The molecule has 34 heavy (non-hydrogen) atoms. The molecule has 2 aliphatic carbocycles. The van der Waals surface area contributed by atoms with Gasteiger partial charge < -0.3 is 10.0 Å². The summed E-state index contributed by atoms with van der Waals surface area (Å²) in [5.41, 5.74) is 1.45. The summed E-state index contributed by atoms with van der Waals surface area (Å²) in [5.74, 6) is -1.61. The van der Waals surface area contributed by atoms with Gasteiger partial charge in [-0.05, 0) is 47.9 Å². The number of halogens is 2. The summed E-state index contributed by atoms with van der Waals surface area (Å²) in [5, 5.41) is 17.9. The van der Waals surface area contributed by atoms with E-state index in [9.17, 15) is 13.6 Å². The Bertz CT molecular complexity index is 1280. The summed E-state index contributed by atoms with van der Waals surface area (Å²) in [7, 11) is 1.60. The third kappa shape index (κ3) is 2.99. The number of hydrogen-bond acceptors (Lipinski definition) is 6. The number of carbonyl (C=O) groups excluding carboxylic acids is 1. The van der Waals surface area contributed by atoms with Crippen molar-refractivity contribution in [2.45, 2.75) is 38.0 Å². The highest BCUT2D eigenvalue weighted by molar-refractivity contribution is 5.91. The van der Waals surface area contributed by atoms with E-state index in [1.165, 1.54) is 29.3 Å². The molecule has 0 unspecified atom stereocenters. The maximum absolute atomic E-state index is 14.4. The van der Waals surface area contributed by atoms with Gasteiger partial charge in [-0.2, -0.15) is 5.10 Å². The first-order valence-electron chi connectivity index (χ1n) is 11.2. The van der Waals surface area contributed by atoms with Crippen LogP contribution in [0, 0.1) is 17.0 Å². The average molecular weight is 466 g/mol. The number of aliphatic hydroxyl groups excluding tert-OH is 1. The van der Waals surface area contributed by atoms with Crippen LogP contribution < -0.4 is 0 Å². The first-order chi connectivity index (χ1) is 16.2. The fourth-order valence-electron chi connectivity index (χ4n) is 5.88. The molecule has 2 aromatic heterocycles. The van der Waals surface area contributed by atoms with Crippen molar-refractivity contribution in [1.29, 1.82) is 0 Å². The number of amides is 1. The highest BCUT2D eigenvalue weighted by atomic mass is 19.1. The van der Waals surface area contributed by atoms with Crippen LogP contribution in [0.3, 0.4) is 0 Å². The number of nitrogens with zero attached hydrogens (tertiary/aromatic N) is 5. The molecule has 0 saturated heterocycles. The van der Waals surface area contributed by atoms with Crippen molar-refractivity contribution in [3.63, 3.8) is 0 Å². The van der Waals surface area contributed by atoms with Gasteiger partial charge in [0.05, 0.1) is 40.9 Å². The molecule has 0 radical (unpaired) electrons. The second-order valence-corrected chi connectivity index (χ2v) is 9.59. The second kappa shape index (κ2) is 7.87. The quantitative estimate of drug-likeness (QED) is 0.620. The molecule has 1 N–H and O–H groups in total. The molecule has 1 amide bonds. The van der Waals surface area contributed by atoms with Crippen LogP contribution in [-0.4, -0.2) is 56.3 Å². The molecule has 0 spiro atoms. The molecule has 1 saturated carbocycles. The zero-order valence-corrected chi connectivity index (χ0v) is 19.2. The van der Waals surface area contributed by atoms with E-state index in [2.05, 4.69) is 29.0 Å². The van der Waals surface area contributed by atoms with Crippen LogP contribution in [-0.2, 0) is 5.41 Å². The number of likely N-dealkylation sites (N-methyl/N-ethyl adjacent to an activating group) is 1. The normalized spacial score (nSPS) is 22.0. The van der Waals surface area contributed by atoms with Gasteiger partial charge >= 0.3 is 0 Å². The van der Waals surface area contributed by atoms with Crippen molar-refractivity contribution in [1.82, 2.24) is 25.1 Å². The molecule has 2 atom stereocenters. The van der Waals surface area contributed by atoms with Gasteiger partial charge in [-0.25, -0.2) is 13.8 Å². The topological polar surface area (TPSA) is 92.1 Å². The number of aliphatic hydroxyl groups is 1. The molecule has 176 valence electrons. The van der Waals surface area contributed by atoms with E-state index >= 15 is 0 Å². The Labute approximate surface area is 195 Å². The lowest BCUT2D eigenvalue weighted by Gasteiger charge is -2.37. The van der Waals surface area contributed by atoms with Gasteiger partial charge in [0.1, 0.15) is 17.3 Å². The summed E-state index contributed by atoms with van der Waals surface area (Å²) >= 11 is 0. The lowest BCUT2D eigenvalue weighted by Crippen LogP contribution is -2.39. The Balaban J connectivity index is 1.63. The van der Waals surface area contributed by atoms with Crippen molar-refractivity contribution < 1.29 is 18.7 Å². The summed E-state index contributed by atoms with van der Waals surface area (Å²) in [4.78, 5) is 23.2. The fourth-order valence-corrected chi connectivity index (χ4v) is 5.88. The van der Waals surface area contributed by atoms with Crippen LogP contribution in [0.1, 0.15) is 60.0 Å². The first kappa shape index (κ1) is 22.5. The van der Waals surface area contributed by atoms with Gasteiger partial charge in [0.15, 0.2) is 0 Å². The smallest absolute Gasteiger partial charge is 0.273 e. The molecule has 3 aromatic rings.